The van der Waals surface area contributed by atoms with Gasteiger partial charge in [-0.15, -0.1) is 0 Å². The van der Waals surface area contributed by atoms with Gasteiger partial charge in [-0.2, -0.15) is 0 Å². The summed E-state index contributed by atoms with van der Waals surface area (Å²) in [4.78, 5) is 28.9. The molecule has 0 aliphatic carbocycles. The molecule has 6 nitrogen and oxygen atoms in total. The second kappa shape index (κ2) is 5.63. The maximum absolute atomic E-state index is 11.3. The molecule has 1 unspecified atom stereocenters. The van der Waals surface area contributed by atoms with Gasteiger partial charge in [0.2, 0.25) is 0 Å². The minimum atomic E-state index is -0.982. The van der Waals surface area contributed by atoms with Crippen LogP contribution in [0.4, 0.5) is 5.82 Å². The second-order valence-corrected chi connectivity index (χ2v) is 5.46. The highest BCUT2D eigenvalue weighted by Crippen LogP contribution is 2.30. The van der Waals surface area contributed by atoms with Gasteiger partial charge in [0.1, 0.15) is 5.82 Å². The first-order chi connectivity index (χ1) is 10.6. The van der Waals surface area contributed by atoms with Gasteiger partial charge in [-0.3, -0.25) is 4.79 Å². The van der Waals surface area contributed by atoms with Crippen LogP contribution < -0.4 is 4.90 Å². The van der Waals surface area contributed by atoms with Gasteiger partial charge < -0.3 is 15.1 Å². The smallest absolute Gasteiger partial charge is 0.336 e. The van der Waals surface area contributed by atoms with Crippen molar-refractivity contribution in [1.29, 1.82) is 0 Å². The van der Waals surface area contributed by atoms with Crippen LogP contribution in [0.2, 0.25) is 0 Å². The van der Waals surface area contributed by atoms with Crippen LogP contribution >= 0.6 is 0 Å². The molecule has 1 aliphatic rings. The van der Waals surface area contributed by atoms with Gasteiger partial charge in [0.05, 0.1) is 11.5 Å². The second-order valence-electron chi connectivity index (χ2n) is 5.46. The summed E-state index contributed by atoms with van der Waals surface area (Å²) >= 11 is 0. The van der Waals surface area contributed by atoms with E-state index >= 15 is 0 Å². The lowest BCUT2D eigenvalue weighted by Crippen LogP contribution is -2.39. The number of aliphatic carboxylic acids is 1. The Kier molecular flexibility index (Phi) is 3.66. The van der Waals surface area contributed by atoms with E-state index in [1.807, 2.05) is 11.0 Å². The first kappa shape index (κ1) is 14.3. The number of fused-ring (bicyclic) bond motifs is 1. The van der Waals surface area contributed by atoms with E-state index in [0.717, 1.165) is 18.4 Å². The lowest BCUT2D eigenvalue weighted by Gasteiger charge is -2.32. The number of aromatic nitrogens is 1. The molecule has 6 heteroatoms. The van der Waals surface area contributed by atoms with Gasteiger partial charge in [-0.1, -0.05) is 12.1 Å². The number of piperidine rings is 1. The topological polar surface area (TPSA) is 90.7 Å². The molecule has 1 aliphatic heterocycles. The van der Waals surface area contributed by atoms with Gasteiger partial charge in [-0.05, 0) is 25.0 Å². The van der Waals surface area contributed by atoms with Crippen molar-refractivity contribution in [3.8, 4) is 0 Å². The lowest BCUT2D eigenvalue weighted by atomic mass is 9.97. The predicted molar refractivity (Wildman–Crippen MR) is 81.3 cm³/mol. The van der Waals surface area contributed by atoms with Crippen LogP contribution in [0.25, 0.3) is 10.8 Å². The monoisotopic (exact) mass is 300 g/mol. The average Bonchev–Trinajstić information content (AvgIpc) is 2.53. The molecule has 0 saturated carbocycles. The summed E-state index contributed by atoms with van der Waals surface area (Å²) in [7, 11) is 0. The van der Waals surface area contributed by atoms with Crippen LogP contribution in [0.3, 0.4) is 0 Å². The van der Waals surface area contributed by atoms with Gasteiger partial charge in [-0.25, -0.2) is 9.78 Å². The molecular weight excluding hydrogens is 284 g/mol. The van der Waals surface area contributed by atoms with Crippen LogP contribution in [-0.2, 0) is 4.79 Å². The third kappa shape index (κ3) is 2.47. The summed E-state index contributed by atoms with van der Waals surface area (Å²) in [5.74, 6) is -1.53. The molecule has 1 aromatic heterocycles. The molecule has 3 rings (SSSR count). The van der Waals surface area contributed by atoms with Crippen molar-refractivity contribution in [3.63, 3.8) is 0 Å². The van der Waals surface area contributed by atoms with Crippen molar-refractivity contribution in [1.82, 2.24) is 4.98 Å². The van der Waals surface area contributed by atoms with Crippen molar-refractivity contribution in [3.05, 3.63) is 36.0 Å². The third-order valence-corrected chi connectivity index (χ3v) is 4.09. The van der Waals surface area contributed by atoms with E-state index in [1.165, 1.54) is 0 Å². The Morgan fingerprint density at radius 3 is 2.73 bits per heavy atom. The number of benzene rings is 1. The van der Waals surface area contributed by atoms with Crippen LogP contribution in [0.15, 0.2) is 30.5 Å². The summed E-state index contributed by atoms with van der Waals surface area (Å²) in [6.07, 6.45) is 3.03. The number of nitrogens with zero attached hydrogens (tertiary/aromatic N) is 2. The first-order valence-corrected chi connectivity index (χ1v) is 7.16. The molecule has 22 heavy (non-hydrogen) atoms. The SMILES string of the molecule is O=C(O)c1cccc2c(N3CCCC(C(=O)O)C3)nccc12. The van der Waals surface area contributed by atoms with Crippen LogP contribution in [-0.4, -0.2) is 40.2 Å². The van der Waals surface area contributed by atoms with Crippen LogP contribution in [0, 0.1) is 5.92 Å². The summed E-state index contributed by atoms with van der Waals surface area (Å²) in [5.41, 5.74) is 0.230. The highest BCUT2D eigenvalue weighted by Gasteiger charge is 2.27. The maximum Gasteiger partial charge on any atom is 0.336 e. The van der Waals surface area contributed by atoms with Crippen molar-refractivity contribution >= 4 is 28.5 Å². The third-order valence-electron chi connectivity index (χ3n) is 4.09. The number of anilines is 1. The van der Waals surface area contributed by atoms with Crippen molar-refractivity contribution < 1.29 is 19.8 Å². The highest BCUT2D eigenvalue weighted by atomic mass is 16.4. The number of rotatable bonds is 3. The number of hydrogen-bond acceptors (Lipinski definition) is 4. The van der Waals surface area contributed by atoms with Gasteiger partial charge in [0.15, 0.2) is 0 Å². The Hall–Kier alpha value is -2.63. The number of carboxylic acids is 2. The average molecular weight is 300 g/mol. The molecule has 1 saturated heterocycles. The standard InChI is InChI=1S/C16H16N2O4/c19-15(20)10-3-2-8-18(9-10)14-12-4-1-5-13(16(21)22)11(12)6-7-17-14/h1,4-7,10H,2-3,8-9H2,(H,19,20)(H,21,22). The predicted octanol–water partition coefficient (Wildman–Crippen LogP) is 2.23. The molecule has 1 fully saturated rings. The van der Waals surface area contributed by atoms with Crippen molar-refractivity contribution in [2.24, 2.45) is 5.92 Å². The fraction of sp³-hybridized carbons (Fsp3) is 0.312. The zero-order valence-electron chi connectivity index (χ0n) is 11.9. The molecule has 0 bridgehead atoms. The fourth-order valence-corrected chi connectivity index (χ4v) is 3.00. The van der Waals surface area contributed by atoms with Gasteiger partial charge >= 0.3 is 11.9 Å². The van der Waals surface area contributed by atoms with E-state index in [4.69, 9.17) is 0 Å². The number of carbonyl (C=O) groups is 2. The Bertz CT molecular complexity index is 744. The Morgan fingerprint density at radius 2 is 2.00 bits per heavy atom. The number of hydrogen-bond donors (Lipinski definition) is 2. The molecule has 1 aromatic carbocycles. The van der Waals surface area contributed by atoms with Crippen molar-refractivity contribution in [2.75, 3.05) is 18.0 Å². The fourth-order valence-electron chi connectivity index (χ4n) is 3.00. The quantitative estimate of drug-likeness (QED) is 0.903. The van der Waals surface area contributed by atoms with E-state index in [1.54, 1.807) is 24.4 Å². The molecule has 2 aromatic rings. The molecule has 1 atom stereocenters. The minimum Gasteiger partial charge on any atom is -0.481 e. The highest BCUT2D eigenvalue weighted by molar-refractivity contribution is 6.06. The minimum absolute atomic E-state index is 0.230. The molecular formula is C16H16N2O4. The van der Waals surface area contributed by atoms with Gasteiger partial charge in [0.25, 0.3) is 0 Å². The Morgan fingerprint density at radius 1 is 1.18 bits per heavy atom. The lowest BCUT2D eigenvalue weighted by molar-refractivity contribution is -0.141. The van der Waals surface area contributed by atoms with Crippen LogP contribution in [0.1, 0.15) is 23.2 Å². The summed E-state index contributed by atoms with van der Waals surface area (Å²) in [6.45, 7) is 1.13. The van der Waals surface area contributed by atoms with E-state index in [2.05, 4.69) is 4.98 Å². The zero-order valence-corrected chi connectivity index (χ0v) is 11.9. The van der Waals surface area contributed by atoms with E-state index in [0.29, 0.717) is 24.2 Å². The zero-order chi connectivity index (χ0) is 15.7. The largest absolute Gasteiger partial charge is 0.481 e. The Balaban J connectivity index is 2.06. The summed E-state index contributed by atoms with van der Waals surface area (Å²) < 4.78 is 0. The number of pyridine rings is 1. The normalized spacial score (nSPS) is 18.4. The van der Waals surface area contributed by atoms with E-state index in [9.17, 15) is 19.8 Å². The first-order valence-electron chi connectivity index (χ1n) is 7.16. The maximum atomic E-state index is 11.3. The molecule has 114 valence electrons. The van der Waals surface area contributed by atoms with E-state index < -0.39 is 17.9 Å². The molecule has 0 amide bonds. The number of aromatic carboxylic acids is 1. The summed E-state index contributed by atoms with van der Waals surface area (Å²) in [5, 5.41) is 19.9. The van der Waals surface area contributed by atoms with Crippen LogP contribution in [0.5, 0.6) is 0 Å². The van der Waals surface area contributed by atoms with Gasteiger partial charge in [0, 0.05) is 30.1 Å². The Labute approximate surface area is 127 Å². The number of carboxylic acid groups (broad SMARTS) is 2. The van der Waals surface area contributed by atoms with Crippen molar-refractivity contribution in [2.45, 2.75) is 12.8 Å². The molecule has 0 spiro atoms. The molecule has 2 heterocycles. The summed E-state index contributed by atoms with van der Waals surface area (Å²) in [6, 6.07) is 6.76. The molecule has 0 radical (unpaired) electrons. The molecule has 2 N–H and O–H groups in total. The van der Waals surface area contributed by atoms with E-state index in [-0.39, 0.29) is 5.56 Å².